The molecule has 0 spiro atoms. The van der Waals surface area contributed by atoms with Crippen LogP contribution >= 0.6 is 47.8 Å². The molecule has 60 valence electrons. The highest BCUT2D eigenvalue weighted by atomic mass is 79.9. The van der Waals surface area contributed by atoms with Crippen molar-refractivity contribution in [3.05, 3.63) is 32.5 Å². The zero-order chi connectivity index (χ0) is 8.43. The second kappa shape index (κ2) is 4.01. The van der Waals surface area contributed by atoms with Crippen LogP contribution in [0, 0.1) is 5.82 Å². The van der Waals surface area contributed by atoms with Crippen LogP contribution in [0.15, 0.2) is 21.1 Å². The molecule has 0 radical (unpaired) electrons. The van der Waals surface area contributed by atoms with Gasteiger partial charge in [-0.3, -0.25) is 0 Å². The van der Waals surface area contributed by atoms with Gasteiger partial charge in [-0.05, 0) is 33.6 Å². The molecule has 0 aliphatic carbocycles. The molecule has 0 saturated carbocycles. The summed E-state index contributed by atoms with van der Waals surface area (Å²) >= 11 is 9.66. The summed E-state index contributed by atoms with van der Waals surface area (Å²) in [6, 6.07) is 3.19. The minimum absolute atomic E-state index is 0.234. The summed E-state index contributed by atoms with van der Waals surface area (Å²) in [5.41, 5.74) is 0.908. The fourth-order valence-electron chi connectivity index (χ4n) is 0.666. The average molecular weight is 347 g/mol. The molecule has 0 amide bonds. The first kappa shape index (κ1) is 9.68. The topological polar surface area (TPSA) is 0 Å². The smallest absolute Gasteiger partial charge is 0.137 e. The predicted molar refractivity (Wildman–Crippen MR) is 54.4 cm³/mol. The van der Waals surface area contributed by atoms with Crippen LogP contribution in [-0.4, -0.2) is 0 Å². The third kappa shape index (κ3) is 2.26. The molecule has 0 heterocycles. The molecule has 1 aromatic rings. The van der Waals surface area contributed by atoms with Gasteiger partial charge in [0.1, 0.15) is 5.82 Å². The molecule has 0 bridgehead atoms. The lowest BCUT2D eigenvalue weighted by atomic mass is 10.2. The first-order valence-electron chi connectivity index (χ1n) is 2.84. The molecule has 1 rings (SSSR count). The molecule has 11 heavy (non-hydrogen) atoms. The Kier molecular flexibility index (Phi) is 3.52. The van der Waals surface area contributed by atoms with Gasteiger partial charge in [-0.15, -0.1) is 0 Å². The number of hydrogen-bond acceptors (Lipinski definition) is 0. The Morgan fingerprint density at radius 1 is 1.18 bits per heavy atom. The Balaban J connectivity index is 3.21. The van der Waals surface area contributed by atoms with Crippen molar-refractivity contribution in [3.63, 3.8) is 0 Å². The van der Waals surface area contributed by atoms with E-state index >= 15 is 0 Å². The lowest BCUT2D eigenvalue weighted by Gasteiger charge is -2.01. The van der Waals surface area contributed by atoms with E-state index in [4.69, 9.17) is 0 Å². The van der Waals surface area contributed by atoms with Crippen LogP contribution in [0.3, 0.4) is 0 Å². The summed E-state index contributed by atoms with van der Waals surface area (Å²) < 4.78 is 14.2. The van der Waals surface area contributed by atoms with E-state index in [1.54, 1.807) is 6.07 Å². The second-order valence-corrected chi connectivity index (χ2v) is 4.26. The molecule has 1 aromatic carbocycles. The minimum atomic E-state index is -0.234. The van der Waals surface area contributed by atoms with E-state index in [1.165, 1.54) is 6.07 Å². The number of hydrogen-bond donors (Lipinski definition) is 0. The number of halogens is 4. The Labute approximate surface area is 89.6 Å². The van der Waals surface area contributed by atoms with E-state index in [9.17, 15) is 4.39 Å². The van der Waals surface area contributed by atoms with Crippen LogP contribution in [0.1, 0.15) is 5.56 Å². The fourth-order valence-corrected chi connectivity index (χ4v) is 2.64. The normalized spacial score (nSPS) is 10.2. The number of rotatable bonds is 1. The van der Waals surface area contributed by atoms with Crippen LogP contribution in [0.2, 0.25) is 0 Å². The molecule has 0 unspecified atom stereocenters. The molecule has 0 aromatic heterocycles. The summed E-state index contributed by atoms with van der Waals surface area (Å²) in [7, 11) is 0. The van der Waals surface area contributed by atoms with Crippen molar-refractivity contribution in [1.82, 2.24) is 0 Å². The van der Waals surface area contributed by atoms with Gasteiger partial charge in [0.15, 0.2) is 0 Å². The Morgan fingerprint density at radius 2 is 1.82 bits per heavy atom. The monoisotopic (exact) mass is 344 g/mol. The lowest BCUT2D eigenvalue weighted by molar-refractivity contribution is 0.619. The van der Waals surface area contributed by atoms with E-state index in [-0.39, 0.29) is 5.82 Å². The summed E-state index contributed by atoms with van der Waals surface area (Å²) in [6.07, 6.45) is 0. The summed E-state index contributed by atoms with van der Waals surface area (Å²) in [5, 5.41) is 0.651. The highest BCUT2D eigenvalue weighted by Gasteiger charge is 2.04. The van der Waals surface area contributed by atoms with E-state index in [0.717, 1.165) is 10.0 Å². The van der Waals surface area contributed by atoms with E-state index in [1.807, 2.05) is 0 Å². The molecule has 0 aliphatic heterocycles. The third-order valence-corrected chi connectivity index (χ3v) is 3.18. The predicted octanol–water partition coefficient (Wildman–Crippen LogP) is 4.25. The maximum atomic E-state index is 12.9. The van der Waals surface area contributed by atoms with Crippen molar-refractivity contribution in [2.45, 2.75) is 5.33 Å². The van der Waals surface area contributed by atoms with Gasteiger partial charge in [0.25, 0.3) is 0 Å². The Morgan fingerprint density at radius 3 is 2.36 bits per heavy atom. The summed E-state index contributed by atoms with van der Waals surface area (Å²) in [4.78, 5) is 0. The average Bonchev–Trinajstić information content (AvgIpc) is 1.97. The van der Waals surface area contributed by atoms with Gasteiger partial charge < -0.3 is 0 Å². The van der Waals surface area contributed by atoms with Crippen LogP contribution in [0.25, 0.3) is 0 Å². The highest BCUT2D eigenvalue weighted by molar-refractivity contribution is 9.11. The SMILES string of the molecule is Fc1cc(CBr)c(Br)cc1Br. The summed E-state index contributed by atoms with van der Waals surface area (Å²) in [6.45, 7) is 0. The van der Waals surface area contributed by atoms with Crippen LogP contribution in [-0.2, 0) is 5.33 Å². The molecule has 4 heteroatoms. The third-order valence-electron chi connectivity index (χ3n) is 1.23. The van der Waals surface area contributed by atoms with Crippen molar-refractivity contribution in [1.29, 1.82) is 0 Å². The van der Waals surface area contributed by atoms with Crippen molar-refractivity contribution in [3.8, 4) is 0 Å². The van der Waals surface area contributed by atoms with Gasteiger partial charge >= 0.3 is 0 Å². The van der Waals surface area contributed by atoms with Gasteiger partial charge in [0.05, 0.1) is 4.47 Å². The van der Waals surface area contributed by atoms with Crippen LogP contribution in [0.5, 0.6) is 0 Å². The molecular weight excluding hydrogens is 343 g/mol. The lowest BCUT2D eigenvalue weighted by Crippen LogP contribution is -1.84. The first-order chi connectivity index (χ1) is 5.15. The molecule has 0 fully saturated rings. The standard InChI is InChI=1S/C7H4Br3F/c8-3-4-1-7(11)6(10)2-5(4)9/h1-2H,3H2. The maximum Gasteiger partial charge on any atom is 0.137 e. The highest BCUT2D eigenvalue weighted by Crippen LogP contribution is 2.26. The minimum Gasteiger partial charge on any atom is -0.206 e. The molecule has 0 saturated heterocycles. The molecule has 0 nitrogen and oxygen atoms in total. The van der Waals surface area contributed by atoms with Gasteiger partial charge in [-0.25, -0.2) is 4.39 Å². The zero-order valence-corrected chi connectivity index (χ0v) is 10.1. The van der Waals surface area contributed by atoms with Crippen molar-refractivity contribution in [2.24, 2.45) is 0 Å². The Hall–Kier alpha value is 0.590. The van der Waals surface area contributed by atoms with E-state index in [2.05, 4.69) is 47.8 Å². The van der Waals surface area contributed by atoms with E-state index in [0.29, 0.717) is 9.80 Å². The van der Waals surface area contributed by atoms with Crippen molar-refractivity contribution < 1.29 is 4.39 Å². The van der Waals surface area contributed by atoms with E-state index < -0.39 is 0 Å². The van der Waals surface area contributed by atoms with Crippen LogP contribution < -0.4 is 0 Å². The van der Waals surface area contributed by atoms with Gasteiger partial charge in [0.2, 0.25) is 0 Å². The molecule has 0 aliphatic rings. The van der Waals surface area contributed by atoms with Crippen molar-refractivity contribution in [2.75, 3.05) is 0 Å². The fraction of sp³-hybridized carbons (Fsp3) is 0.143. The van der Waals surface area contributed by atoms with Gasteiger partial charge in [0, 0.05) is 9.80 Å². The van der Waals surface area contributed by atoms with Crippen molar-refractivity contribution >= 4 is 47.8 Å². The summed E-state index contributed by atoms with van der Waals surface area (Å²) in [5.74, 6) is -0.234. The molecule has 0 atom stereocenters. The van der Waals surface area contributed by atoms with Crippen LogP contribution in [0.4, 0.5) is 4.39 Å². The number of alkyl halides is 1. The molecular formula is C7H4Br3F. The quantitative estimate of drug-likeness (QED) is 0.527. The number of benzene rings is 1. The zero-order valence-electron chi connectivity index (χ0n) is 5.37. The maximum absolute atomic E-state index is 12.9. The largest absolute Gasteiger partial charge is 0.206 e. The Bertz CT molecular complexity index is 273. The van der Waals surface area contributed by atoms with Gasteiger partial charge in [-0.2, -0.15) is 0 Å². The second-order valence-electron chi connectivity index (χ2n) is 1.99. The van der Waals surface area contributed by atoms with Gasteiger partial charge in [-0.1, -0.05) is 31.9 Å². The first-order valence-corrected chi connectivity index (χ1v) is 5.55. The molecule has 0 N–H and O–H groups in total.